The molecule has 5 nitrogen and oxygen atoms in total. The van der Waals surface area contributed by atoms with E-state index in [1.165, 1.54) is 44.9 Å². The van der Waals surface area contributed by atoms with Crippen LogP contribution in [0, 0.1) is 5.41 Å². The Morgan fingerprint density at radius 1 is 1.09 bits per heavy atom. The Bertz CT molecular complexity index is 300. The maximum atomic E-state index is 12.1. The molecule has 0 fully saturated rings. The van der Waals surface area contributed by atoms with Gasteiger partial charge in [-0.3, -0.25) is 4.79 Å². The van der Waals surface area contributed by atoms with Gasteiger partial charge in [0.2, 0.25) is 0 Å². The van der Waals surface area contributed by atoms with Crippen LogP contribution < -0.4 is 0 Å². The number of ether oxygens (including phenoxy) is 1. The molecule has 0 aromatic rings. The normalized spacial score (nSPS) is 11.9. The number of likely N-dealkylation sites (N-methyl/N-ethyl adjacent to an activating group) is 1. The van der Waals surface area contributed by atoms with Gasteiger partial charge in [-0.15, -0.1) is 4.33 Å². The Hall–Kier alpha value is -0.300. The molecule has 0 amide bonds. The predicted molar refractivity (Wildman–Crippen MR) is 95.9 cm³/mol. The molecule has 0 rings (SSSR count). The predicted octanol–water partition coefficient (Wildman–Crippen LogP) is 5.07. The Morgan fingerprint density at radius 2 is 1.65 bits per heavy atom. The zero-order valence-electron chi connectivity index (χ0n) is 15.3. The van der Waals surface area contributed by atoms with Gasteiger partial charge >= 0.3 is 5.97 Å². The van der Waals surface area contributed by atoms with E-state index in [-0.39, 0.29) is 5.97 Å². The van der Waals surface area contributed by atoms with Crippen molar-refractivity contribution in [3.63, 3.8) is 0 Å². The van der Waals surface area contributed by atoms with Crippen molar-refractivity contribution >= 4 is 18.2 Å². The fourth-order valence-corrected chi connectivity index (χ4v) is 2.62. The highest BCUT2D eigenvalue weighted by atomic mass is 32.2. The van der Waals surface area contributed by atoms with Gasteiger partial charge in [0.05, 0.1) is 5.41 Å². The highest BCUT2D eigenvalue weighted by Crippen LogP contribution is 2.26. The third-order valence-corrected chi connectivity index (χ3v) is 4.51. The maximum absolute atomic E-state index is 12.1. The summed E-state index contributed by atoms with van der Waals surface area (Å²) in [5.41, 5.74) is -0.429. The minimum absolute atomic E-state index is 0.149. The van der Waals surface area contributed by atoms with Crippen molar-refractivity contribution in [3.05, 3.63) is 0 Å². The van der Waals surface area contributed by atoms with E-state index in [4.69, 9.17) is 9.99 Å². The van der Waals surface area contributed by atoms with Crippen molar-refractivity contribution < 1.29 is 19.1 Å². The molecule has 0 aliphatic rings. The fraction of sp³-hybridized carbons (Fsp3) is 0.941. The average molecular weight is 350 g/mol. The molecule has 6 heteroatoms. The first-order chi connectivity index (χ1) is 10.9. The van der Waals surface area contributed by atoms with Gasteiger partial charge in [-0.25, -0.2) is 9.56 Å². The van der Waals surface area contributed by atoms with Crippen LogP contribution in [0.5, 0.6) is 0 Å². The third-order valence-electron chi connectivity index (χ3n) is 4.01. The molecule has 23 heavy (non-hydrogen) atoms. The lowest BCUT2D eigenvalue weighted by Crippen LogP contribution is -2.29. The topological polar surface area (TPSA) is 59.0 Å². The van der Waals surface area contributed by atoms with Crippen LogP contribution in [0.25, 0.3) is 0 Å². The second-order valence-corrected chi connectivity index (χ2v) is 7.67. The first kappa shape index (κ1) is 22.7. The van der Waals surface area contributed by atoms with E-state index in [9.17, 15) is 4.79 Å². The summed E-state index contributed by atoms with van der Waals surface area (Å²) in [4.78, 5) is 12.1. The minimum atomic E-state index is -0.429. The zero-order chi connectivity index (χ0) is 17.6. The van der Waals surface area contributed by atoms with E-state index >= 15 is 0 Å². The second kappa shape index (κ2) is 14.1. The second-order valence-electron chi connectivity index (χ2n) is 6.75. The summed E-state index contributed by atoms with van der Waals surface area (Å²) in [6, 6.07) is 0. The molecule has 0 spiro atoms. The number of esters is 1. The van der Waals surface area contributed by atoms with Crippen LogP contribution in [0.1, 0.15) is 78.6 Å². The van der Waals surface area contributed by atoms with Crippen LogP contribution in [0.15, 0.2) is 0 Å². The third kappa shape index (κ3) is 12.8. The fourth-order valence-electron chi connectivity index (χ4n) is 2.36. The molecule has 138 valence electrons. The van der Waals surface area contributed by atoms with Gasteiger partial charge in [-0.1, -0.05) is 58.3 Å². The van der Waals surface area contributed by atoms with Crippen molar-refractivity contribution in [2.45, 2.75) is 78.6 Å². The van der Waals surface area contributed by atoms with Crippen molar-refractivity contribution in [2.75, 3.05) is 20.2 Å². The highest BCUT2D eigenvalue weighted by molar-refractivity contribution is 7.92. The summed E-state index contributed by atoms with van der Waals surface area (Å²) in [6.07, 6.45) is 11.0. The first-order valence-corrected chi connectivity index (χ1v) is 9.50. The molecule has 0 atom stereocenters. The lowest BCUT2D eigenvalue weighted by Gasteiger charge is -2.23. The smallest absolute Gasteiger partial charge is 0.311 e. The van der Waals surface area contributed by atoms with E-state index < -0.39 is 5.41 Å². The summed E-state index contributed by atoms with van der Waals surface area (Å²) in [7, 11) is 1.75. The molecule has 0 aliphatic carbocycles. The number of nitrogens with zero attached hydrogens (tertiary/aromatic N) is 1. The molecule has 0 aromatic carbocycles. The van der Waals surface area contributed by atoms with E-state index in [1.807, 2.05) is 13.8 Å². The molecular formula is C17H35NO4S. The van der Waals surface area contributed by atoms with Crippen LogP contribution in [0.2, 0.25) is 0 Å². The SMILES string of the molecule is CCCCCCCCCCC(C)(C)C(=O)OCCN(C)SOO. The Balaban J connectivity index is 3.70. The standard InChI is InChI=1S/C17H35NO4S/c1-5-6-7-8-9-10-11-12-13-17(2,3)16(19)21-15-14-18(4)23-22-20/h20H,5-15H2,1-4H3. The molecule has 0 unspecified atom stereocenters. The van der Waals surface area contributed by atoms with Gasteiger partial charge in [0.15, 0.2) is 0 Å². The number of carbonyl (C=O) groups is 1. The highest BCUT2D eigenvalue weighted by Gasteiger charge is 2.28. The van der Waals surface area contributed by atoms with E-state index in [0.717, 1.165) is 25.1 Å². The largest absolute Gasteiger partial charge is 0.464 e. The van der Waals surface area contributed by atoms with Gasteiger partial charge in [-0.05, 0) is 27.3 Å². The summed E-state index contributed by atoms with van der Waals surface area (Å²) >= 11 is 0.814. The molecule has 0 heterocycles. The quantitative estimate of drug-likeness (QED) is 0.111. The van der Waals surface area contributed by atoms with Gasteiger partial charge in [0, 0.05) is 6.54 Å². The Morgan fingerprint density at radius 3 is 2.22 bits per heavy atom. The zero-order valence-corrected chi connectivity index (χ0v) is 16.1. The van der Waals surface area contributed by atoms with Crippen molar-refractivity contribution in [1.82, 2.24) is 4.31 Å². The average Bonchev–Trinajstić information content (AvgIpc) is 2.50. The van der Waals surface area contributed by atoms with E-state index in [2.05, 4.69) is 11.3 Å². The van der Waals surface area contributed by atoms with Crippen LogP contribution in [0.3, 0.4) is 0 Å². The lowest BCUT2D eigenvalue weighted by atomic mass is 9.87. The molecule has 0 aliphatic heterocycles. The molecule has 1 N–H and O–H groups in total. The number of hydrogen-bond acceptors (Lipinski definition) is 6. The summed E-state index contributed by atoms with van der Waals surface area (Å²) in [5.74, 6) is -0.149. The van der Waals surface area contributed by atoms with E-state index in [1.54, 1.807) is 11.4 Å². The van der Waals surface area contributed by atoms with Crippen LogP contribution in [-0.4, -0.2) is 35.7 Å². The molecule has 0 aromatic heterocycles. The first-order valence-electron chi connectivity index (χ1n) is 8.80. The van der Waals surface area contributed by atoms with Crippen LogP contribution in [-0.2, 0) is 13.9 Å². The van der Waals surface area contributed by atoms with Gasteiger partial charge in [0.25, 0.3) is 0 Å². The van der Waals surface area contributed by atoms with Crippen molar-refractivity contribution in [3.8, 4) is 0 Å². The van der Waals surface area contributed by atoms with Crippen molar-refractivity contribution in [2.24, 2.45) is 5.41 Å². The van der Waals surface area contributed by atoms with Gasteiger partial charge < -0.3 is 4.74 Å². The summed E-state index contributed by atoms with van der Waals surface area (Å²) < 4.78 is 10.9. The van der Waals surface area contributed by atoms with Crippen molar-refractivity contribution in [1.29, 1.82) is 0 Å². The molecule has 0 saturated carbocycles. The summed E-state index contributed by atoms with van der Waals surface area (Å²) in [6.45, 7) is 6.94. The molecule has 0 saturated heterocycles. The molecule has 0 bridgehead atoms. The van der Waals surface area contributed by atoms with Gasteiger partial charge in [-0.2, -0.15) is 0 Å². The summed E-state index contributed by atoms with van der Waals surface area (Å²) in [5, 5.41) is 8.29. The van der Waals surface area contributed by atoms with E-state index in [0.29, 0.717) is 13.2 Å². The number of hydrogen-bond donors (Lipinski definition) is 1. The Kier molecular flexibility index (Phi) is 13.9. The number of carbonyl (C=O) groups excluding carboxylic acids is 1. The van der Waals surface area contributed by atoms with Crippen LogP contribution in [0.4, 0.5) is 0 Å². The lowest BCUT2D eigenvalue weighted by molar-refractivity contribution is -0.154. The molecular weight excluding hydrogens is 314 g/mol. The number of unbranched alkanes of at least 4 members (excludes halogenated alkanes) is 7. The van der Waals surface area contributed by atoms with Gasteiger partial charge in [0.1, 0.15) is 18.8 Å². The Labute approximate surface area is 146 Å². The maximum Gasteiger partial charge on any atom is 0.311 e. The monoisotopic (exact) mass is 349 g/mol. The molecule has 0 radical (unpaired) electrons. The number of rotatable bonds is 15. The van der Waals surface area contributed by atoms with Crippen LogP contribution >= 0.6 is 12.2 Å². The minimum Gasteiger partial charge on any atom is -0.464 e.